The Morgan fingerprint density at radius 2 is 2.00 bits per heavy atom. The third kappa shape index (κ3) is 3.30. The lowest BCUT2D eigenvalue weighted by Crippen LogP contribution is -2.31. The van der Waals surface area contributed by atoms with E-state index < -0.39 is 0 Å². The van der Waals surface area contributed by atoms with Crippen molar-refractivity contribution in [3.05, 3.63) is 82.7 Å². The van der Waals surface area contributed by atoms with Crippen LogP contribution in [-0.2, 0) is 11.2 Å². The van der Waals surface area contributed by atoms with Crippen molar-refractivity contribution < 1.29 is 9.47 Å². The summed E-state index contributed by atoms with van der Waals surface area (Å²) >= 11 is 6.01. The van der Waals surface area contributed by atoms with Crippen LogP contribution in [0.3, 0.4) is 0 Å². The average molecular weight is 437 g/mol. The van der Waals surface area contributed by atoms with E-state index in [0.717, 1.165) is 28.3 Å². The smallest absolute Gasteiger partial charge is 0.238 e. The number of aliphatic imine (C=N–C) groups is 1. The molecule has 1 aromatic heterocycles. The fraction of sp³-hybridized carbons (Fsp3) is 0.182. The summed E-state index contributed by atoms with van der Waals surface area (Å²) in [5.41, 5.74) is 10.9. The quantitative estimate of drug-likeness (QED) is 0.611. The molecule has 0 radical (unpaired) electrons. The van der Waals surface area contributed by atoms with Gasteiger partial charge in [-0.05, 0) is 29.8 Å². The Morgan fingerprint density at radius 3 is 2.74 bits per heavy atom. The number of nitrogens with two attached hydrogens (primary N) is 2. The molecule has 5 rings (SSSR count). The number of allylic oxidation sites excluding steroid dienone is 1. The minimum atomic E-state index is -0.109. The van der Waals surface area contributed by atoms with Crippen molar-refractivity contribution in [2.75, 3.05) is 18.7 Å². The second kappa shape index (κ2) is 7.64. The predicted octanol–water partition coefficient (Wildman–Crippen LogP) is 3.09. The third-order valence-corrected chi connectivity index (χ3v) is 5.78. The van der Waals surface area contributed by atoms with E-state index in [1.807, 2.05) is 47.0 Å². The van der Waals surface area contributed by atoms with Crippen LogP contribution in [0.5, 0.6) is 5.75 Å². The van der Waals surface area contributed by atoms with Gasteiger partial charge in [-0.2, -0.15) is 0 Å². The van der Waals surface area contributed by atoms with Gasteiger partial charge < -0.3 is 15.2 Å². The maximum Gasteiger partial charge on any atom is 0.238 e. The van der Waals surface area contributed by atoms with Gasteiger partial charge in [-0.3, -0.25) is 9.58 Å². The van der Waals surface area contributed by atoms with Crippen molar-refractivity contribution in [2.45, 2.75) is 12.5 Å². The number of aromatic nitrogens is 2. The first-order valence-electron chi connectivity index (χ1n) is 9.75. The van der Waals surface area contributed by atoms with Gasteiger partial charge in [0.1, 0.15) is 30.4 Å². The van der Waals surface area contributed by atoms with Crippen LogP contribution in [0.2, 0.25) is 5.02 Å². The molecule has 9 heteroatoms. The van der Waals surface area contributed by atoms with Crippen LogP contribution in [0.1, 0.15) is 23.0 Å². The van der Waals surface area contributed by atoms with Gasteiger partial charge in [-0.1, -0.05) is 23.7 Å². The highest BCUT2D eigenvalue weighted by molar-refractivity contribution is 6.30. The summed E-state index contributed by atoms with van der Waals surface area (Å²) in [4.78, 5) is 9.41. The molecule has 0 saturated carbocycles. The fourth-order valence-corrected chi connectivity index (χ4v) is 3.99. The van der Waals surface area contributed by atoms with Gasteiger partial charge in [0.25, 0.3) is 0 Å². The van der Waals surface area contributed by atoms with Gasteiger partial charge >= 0.3 is 0 Å². The molecule has 3 heterocycles. The van der Waals surface area contributed by atoms with E-state index >= 15 is 0 Å². The number of halogens is 1. The van der Waals surface area contributed by atoms with E-state index in [0.29, 0.717) is 35.4 Å². The molecule has 8 nitrogen and oxygen atoms in total. The Hall–Kier alpha value is -3.49. The maximum atomic E-state index is 6.40. The molecule has 0 bridgehead atoms. The highest BCUT2D eigenvalue weighted by Crippen LogP contribution is 2.36. The maximum absolute atomic E-state index is 6.40. The first-order valence-corrected chi connectivity index (χ1v) is 10.1. The summed E-state index contributed by atoms with van der Waals surface area (Å²) in [7, 11) is 1.62. The number of hydrazine groups is 1. The van der Waals surface area contributed by atoms with Gasteiger partial charge in [0, 0.05) is 23.7 Å². The van der Waals surface area contributed by atoms with Gasteiger partial charge in [0.15, 0.2) is 0 Å². The van der Waals surface area contributed by atoms with Crippen molar-refractivity contribution in [3.63, 3.8) is 0 Å². The monoisotopic (exact) mass is 436 g/mol. The van der Waals surface area contributed by atoms with Gasteiger partial charge in [0.2, 0.25) is 5.90 Å². The Labute approximate surface area is 184 Å². The highest BCUT2D eigenvalue weighted by atomic mass is 35.5. The summed E-state index contributed by atoms with van der Waals surface area (Å²) in [6.45, 7) is 0.444. The molecule has 2 aromatic carbocycles. The lowest BCUT2D eigenvalue weighted by Gasteiger charge is -2.21. The van der Waals surface area contributed by atoms with Crippen LogP contribution in [0.15, 0.2) is 65.7 Å². The Bertz CT molecular complexity index is 1200. The summed E-state index contributed by atoms with van der Waals surface area (Å²) in [5, 5.41) is 2.26. The van der Waals surface area contributed by atoms with Crippen LogP contribution in [-0.4, -0.2) is 29.2 Å². The van der Waals surface area contributed by atoms with Crippen molar-refractivity contribution in [3.8, 4) is 11.4 Å². The first kappa shape index (κ1) is 19.5. The molecule has 31 heavy (non-hydrogen) atoms. The third-order valence-electron chi connectivity index (χ3n) is 5.53. The van der Waals surface area contributed by atoms with E-state index in [2.05, 4.69) is 4.98 Å². The largest absolute Gasteiger partial charge is 0.497 e. The number of fused-ring (bicyclic) bond motifs is 3. The van der Waals surface area contributed by atoms with Crippen LogP contribution >= 0.6 is 11.6 Å². The Morgan fingerprint density at radius 1 is 1.19 bits per heavy atom. The molecule has 1 atom stereocenters. The van der Waals surface area contributed by atoms with Crippen molar-refractivity contribution >= 4 is 23.2 Å². The standard InChI is InChI=1S/C22H21ClN6O2/c1-30-16-6-7-18-19(9-16)29(25)15(10-24)8-20-21(26-12-28(18)20)22-27-17(11-31-22)13-2-4-14(23)5-3-13/h2-7,9-10,12,17H,8,11,24-25H2,1H3/b15-10-/t17-/m0/s1. The van der Waals surface area contributed by atoms with Gasteiger partial charge in [0.05, 0.1) is 29.9 Å². The number of hydrogen-bond acceptors (Lipinski definition) is 7. The number of imidazole rings is 1. The number of hydrogen-bond donors (Lipinski definition) is 2. The lowest BCUT2D eigenvalue weighted by molar-refractivity contribution is 0.319. The first-order chi connectivity index (χ1) is 15.1. The lowest BCUT2D eigenvalue weighted by atomic mass is 10.1. The molecule has 158 valence electrons. The molecule has 3 aromatic rings. The predicted molar refractivity (Wildman–Crippen MR) is 119 cm³/mol. The number of nitrogens with zero attached hydrogens (tertiary/aromatic N) is 4. The molecule has 4 N–H and O–H groups in total. The second-order valence-electron chi connectivity index (χ2n) is 7.28. The van der Waals surface area contributed by atoms with Crippen LogP contribution in [0, 0.1) is 0 Å². The van der Waals surface area contributed by atoms with E-state index in [9.17, 15) is 0 Å². The minimum Gasteiger partial charge on any atom is -0.497 e. The summed E-state index contributed by atoms with van der Waals surface area (Å²) in [6.07, 6.45) is 3.72. The van der Waals surface area contributed by atoms with E-state index in [-0.39, 0.29) is 6.04 Å². The van der Waals surface area contributed by atoms with Gasteiger partial charge in [-0.15, -0.1) is 0 Å². The fourth-order valence-electron chi connectivity index (χ4n) is 3.87. The van der Waals surface area contributed by atoms with Crippen molar-refractivity contribution in [1.82, 2.24) is 9.55 Å². The molecule has 0 fully saturated rings. The molecule has 0 unspecified atom stereocenters. The Balaban J connectivity index is 1.58. The van der Waals surface area contributed by atoms with Gasteiger partial charge in [-0.25, -0.2) is 15.8 Å². The zero-order valence-corrected chi connectivity index (χ0v) is 17.6. The summed E-state index contributed by atoms with van der Waals surface area (Å²) in [5.74, 6) is 7.60. The van der Waals surface area contributed by atoms with E-state index in [1.54, 1.807) is 18.4 Å². The summed E-state index contributed by atoms with van der Waals surface area (Å²) in [6, 6.07) is 13.2. The van der Waals surface area contributed by atoms with Crippen molar-refractivity contribution in [1.29, 1.82) is 0 Å². The average Bonchev–Trinajstić information content (AvgIpc) is 3.42. The van der Waals surface area contributed by atoms with Crippen molar-refractivity contribution in [2.24, 2.45) is 16.6 Å². The Kier molecular flexibility index (Phi) is 4.80. The zero-order valence-electron chi connectivity index (χ0n) is 16.8. The number of anilines is 1. The second-order valence-corrected chi connectivity index (χ2v) is 7.72. The highest BCUT2D eigenvalue weighted by Gasteiger charge is 2.30. The molecular weight excluding hydrogens is 416 g/mol. The zero-order chi connectivity index (χ0) is 21.5. The van der Waals surface area contributed by atoms with Crippen LogP contribution < -0.4 is 21.3 Å². The molecule has 0 saturated heterocycles. The molecule has 0 amide bonds. The van der Waals surface area contributed by atoms with Crippen LogP contribution in [0.25, 0.3) is 5.69 Å². The molecule has 2 aliphatic rings. The number of benzene rings is 2. The molecule has 0 spiro atoms. The molecular formula is C22H21ClN6O2. The van der Waals surface area contributed by atoms with E-state index in [1.165, 1.54) is 6.20 Å². The normalized spacial score (nSPS) is 18.8. The molecule has 2 aliphatic heterocycles. The molecule has 0 aliphatic carbocycles. The minimum absolute atomic E-state index is 0.109. The number of rotatable bonds is 3. The topological polar surface area (TPSA) is 104 Å². The number of methoxy groups -OCH3 is 1. The summed E-state index contributed by atoms with van der Waals surface area (Å²) < 4.78 is 13.3. The van der Waals surface area contributed by atoms with E-state index in [4.69, 9.17) is 37.6 Å². The number of ether oxygens (including phenoxy) is 2. The SMILES string of the molecule is COc1ccc2c(c1)N(N)/C(=C\N)Cc1c(C3=N[C@H](c4ccc(Cl)cc4)CO3)ncn1-2. The van der Waals surface area contributed by atoms with Crippen LogP contribution in [0.4, 0.5) is 5.69 Å².